The van der Waals surface area contributed by atoms with E-state index in [0.29, 0.717) is 11.5 Å². The molecule has 27 heavy (non-hydrogen) atoms. The van der Waals surface area contributed by atoms with Gasteiger partial charge in [0.2, 0.25) is 0 Å². The zero-order valence-corrected chi connectivity index (χ0v) is 14.3. The van der Waals surface area contributed by atoms with E-state index in [1.807, 2.05) is 0 Å². The monoisotopic (exact) mass is 379 g/mol. The normalized spacial score (nSPS) is 11.4. The number of furan rings is 1. The Morgan fingerprint density at radius 2 is 2.07 bits per heavy atom. The fourth-order valence-electron chi connectivity index (χ4n) is 2.37. The van der Waals surface area contributed by atoms with E-state index in [1.165, 1.54) is 29.4 Å². The molecule has 2 aromatic heterocycles. The minimum Gasteiger partial charge on any atom is -0.487 e. The van der Waals surface area contributed by atoms with Crippen LogP contribution in [0, 0.1) is 0 Å². The smallest absolute Gasteiger partial charge is 0.416 e. The van der Waals surface area contributed by atoms with Gasteiger partial charge in [-0.2, -0.15) is 18.3 Å². The maximum Gasteiger partial charge on any atom is 0.416 e. The van der Waals surface area contributed by atoms with E-state index >= 15 is 0 Å². The minimum atomic E-state index is -4.44. The maximum atomic E-state index is 12.7. The quantitative estimate of drug-likeness (QED) is 0.706. The first-order valence-electron chi connectivity index (χ1n) is 7.95. The highest BCUT2D eigenvalue weighted by molar-refractivity contribution is 5.92. The van der Waals surface area contributed by atoms with Gasteiger partial charge in [0.15, 0.2) is 5.69 Å². The summed E-state index contributed by atoms with van der Waals surface area (Å²) in [5.41, 5.74) is -0.158. The summed E-state index contributed by atoms with van der Waals surface area (Å²) in [6.45, 7) is 0.234. The van der Waals surface area contributed by atoms with Crippen LogP contribution in [0.1, 0.15) is 27.5 Å². The number of aromatic nitrogens is 2. The van der Waals surface area contributed by atoms with Crippen molar-refractivity contribution in [2.75, 3.05) is 7.05 Å². The zero-order valence-electron chi connectivity index (χ0n) is 14.3. The molecule has 0 bridgehead atoms. The first-order valence-corrected chi connectivity index (χ1v) is 7.95. The average Bonchev–Trinajstić information content (AvgIpc) is 3.30. The van der Waals surface area contributed by atoms with Crippen molar-refractivity contribution in [1.29, 1.82) is 0 Å². The van der Waals surface area contributed by atoms with E-state index in [2.05, 4.69) is 10.2 Å². The number of aromatic amines is 1. The molecule has 0 fully saturated rings. The topological polar surface area (TPSA) is 71.4 Å². The highest BCUT2D eigenvalue weighted by Crippen LogP contribution is 2.31. The molecule has 0 aliphatic heterocycles. The third-order valence-corrected chi connectivity index (χ3v) is 3.73. The van der Waals surface area contributed by atoms with Crippen LogP contribution in [0.4, 0.5) is 13.2 Å². The van der Waals surface area contributed by atoms with Gasteiger partial charge in [0, 0.05) is 7.05 Å². The molecule has 3 rings (SSSR count). The Balaban J connectivity index is 1.60. The fraction of sp³-hybridized carbons (Fsp3) is 0.222. The van der Waals surface area contributed by atoms with Crippen molar-refractivity contribution in [2.45, 2.75) is 19.3 Å². The van der Waals surface area contributed by atoms with Crippen LogP contribution in [-0.4, -0.2) is 28.1 Å². The predicted octanol–water partition coefficient (Wildman–Crippen LogP) is 3.87. The molecular weight excluding hydrogens is 363 g/mol. The molecular formula is C18H16F3N3O3. The van der Waals surface area contributed by atoms with E-state index in [9.17, 15) is 18.0 Å². The number of halogens is 3. The fourth-order valence-corrected chi connectivity index (χ4v) is 2.37. The van der Waals surface area contributed by atoms with Gasteiger partial charge in [-0.25, -0.2) is 0 Å². The molecule has 0 saturated carbocycles. The number of rotatable bonds is 6. The molecule has 0 aliphatic rings. The SMILES string of the molecule is CN(Cc1ccco1)C(=O)c1cc(COc2cccc(C(F)(F)F)c2)[nH]n1. The number of nitrogens with zero attached hydrogens (tertiary/aromatic N) is 2. The number of hydrogen-bond acceptors (Lipinski definition) is 4. The number of carbonyl (C=O) groups is 1. The molecule has 6 nitrogen and oxygen atoms in total. The molecule has 0 aliphatic carbocycles. The van der Waals surface area contributed by atoms with Gasteiger partial charge in [0.05, 0.1) is 24.1 Å². The van der Waals surface area contributed by atoms with Gasteiger partial charge >= 0.3 is 6.18 Å². The largest absolute Gasteiger partial charge is 0.487 e. The lowest BCUT2D eigenvalue weighted by atomic mass is 10.2. The second-order valence-corrected chi connectivity index (χ2v) is 5.83. The predicted molar refractivity (Wildman–Crippen MR) is 88.9 cm³/mol. The number of ether oxygens (including phenoxy) is 1. The number of benzene rings is 1. The van der Waals surface area contributed by atoms with Gasteiger partial charge in [0.25, 0.3) is 5.91 Å². The molecule has 142 valence electrons. The van der Waals surface area contributed by atoms with Gasteiger partial charge in [0.1, 0.15) is 18.1 Å². The molecule has 3 aromatic rings. The molecule has 0 spiro atoms. The average molecular weight is 379 g/mol. The Morgan fingerprint density at radius 1 is 1.26 bits per heavy atom. The second kappa shape index (κ2) is 7.56. The molecule has 0 unspecified atom stereocenters. The molecule has 9 heteroatoms. The van der Waals surface area contributed by atoms with Gasteiger partial charge in [-0.3, -0.25) is 9.89 Å². The van der Waals surface area contributed by atoms with Crippen LogP contribution >= 0.6 is 0 Å². The number of carbonyl (C=O) groups excluding carboxylic acids is 1. The third-order valence-electron chi connectivity index (χ3n) is 3.73. The summed E-state index contributed by atoms with van der Waals surface area (Å²) in [7, 11) is 1.61. The van der Waals surface area contributed by atoms with Crippen LogP contribution in [0.15, 0.2) is 53.1 Å². The lowest BCUT2D eigenvalue weighted by Crippen LogP contribution is -2.26. The van der Waals surface area contributed by atoms with E-state index in [4.69, 9.17) is 9.15 Å². The number of amides is 1. The lowest BCUT2D eigenvalue weighted by molar-refractivity contribution is -0.137. The highest BCUT2D eigenvalue weighted by Gasteiger charge is 2.30. The number of H-pyrrole nitrogens is 1. The summed E-state index contributed by atoms with van der Waals surface area (Å²) in [5.74, 6) is 0.379. The first-order chi connectivity index (χ1) is 12.8. The zero-order chi connectivity index (χ0) is 19.4. The molecule has 2 heterocycles. The van der Waals surface area contributed by atoms with Crippen molar-refractivity contribution >= 4 is 5.91 Å². The van der Waals surface area contributed by atoms with Crippen molar-refractivity contribution in [2.24, 2.45) is 0 Å². The summed E-state index contributed by atoms with van der Waals surface area (Å²) < 4.78 is 48.7. The molecule has 1 N–H and O–H groups in total. The van der Waals surface area contributed by atoms with Crippen molar-refractivity contribution in [1.82, 2.24) is 15.1 Å². The van der Waals surface area contributed by atoms with Crippen molar-refractivity contribution < 1.29 is 27.1 Å². The third kappa shape index (κ3) is 4.69. The Morgan fingerprint density at radius 3 is 2.78 bits per heavy atom. The van der Waals surface area contributed by atoms with E-state index in [1.54, 1.807) is 19.2 Å². The van der Waals surface area contributed by atoms with Gasteiger partial charge in [-0.15, -0.1) is 0 Å². The van der Waals surface area contributed by atoms with Crippen molar-refractivity contribution in [3.05, 3.63) is 71.4 Å². The van der Waals surface area contributed by atoms with Crippen LogP contribution in [0.25, 0.3) is 0 Å². The Hall–Kier alpha value is -3.23. The number of hydrogen-bond donors (Lipinski definition) is 1. The summed E-state index contributed by atoms with van der Waals surface area (Å²) in [5, 5.41) is 6.58. The maximum absolute atomic E-state index is 12.7. The van der Waals surface area contributed by atoms with Crippen LogP contribution in [-0.2, 0) is 19.3 Å². The molecule has 0 saturated heterocycles. The number of nitrogens with one attached hydrogen (secondary N) is 1. The van der Waals surface area contributed by atoms with E-state index < -0.39 is 11.7 Å². The Kier molecular flexibility index (Phi) is 5.20. The van der Waals surface area contributed by atoms with Crippen molar-refractivity contribution in [3.8, 4) is 5.75 Å². The van der Waals surface area contributed by atoms with E-state index in [0.717, 1.165) is 12.1 Å². The highest BCUT2D eigenvalue weighted by atomic mass is 19.4. The summed E-state index contributed by atoms with van der Waals surface area (Å²) in [4.78, 5) is 13.8. The summed E-state index contributed by atoms with van der Waals surface area (Å²) in [6.07, 6.45) is -2.92. The minimum absolute atomic E-state index is 0.0521. The van der Waals surface area contributed by atoms with Crippen LogP contribution in [0.3, 0.4) is 0 Å². The molecule has 1 amide bonds. The summed E-state index contributed by atoms with van der Waals surface area (Å²) >= 11 is 0. The van der Waals surface area contributed by atoms with E-state index in [-0.39, 0.29) is 30.5 Å². The van der Waals surface area contributed by atoms with Gasteiger partial charge < -0.3 is 14.1 Å². The van der Waals surface area contributed by atoms with Gasteiger partial charge in [-0.05, 0) is 36.4 Å². The van der Waals surface area contributed by atoms with Gasteiger partial charge in [-0.1, -0.05) is 6.07 Å². The van der Waals surface area contributed by atoms with Crippen LogP contribution in [0.5, 0.6) is 5.75 Å². The van der Waals surface area contributed by atoms with Crippen LogP contribution < -0.4 is 4.74 Å². The molecule has 0 atom stereocenters. The van der Waals surface area contributed by atoms with Crippen molar-refractivity contribution in [3.63, 3.8) is 0 Å². The molecule has 1 aromatic carbocycles. The molecule has 0 radical (unpaired) electrons. The Bertz CT molecular complexity index is 904. The standard InChI is InChI=1S/C18H16F3N3O3/c1-24(10-15-6-3-7-26-15)17(25)16-9-13(22-23-16)11-27-14-5-2-4-12(8-14)18(19,20)21/h2-9H,10-11H2,1H3,(H,22,23). The van der Waals surface area contributed by atoms with Crippen LogP contribution in [0.2, 0.25) is 0 Å². The summed E-state index contributed by atoms with van der Waals surface area (Å²) in [6, 6.07) is 9.55. The lowest BCUT2D eigenvalue weighted by Gasteiger charge is -2.13. The first kappa shape index (κ1) is 18.6. The number of alkyl halides is 3. The second-order valence-electron chi connectivity index (χ2n) is 5.83. The Labute approximate surface area is 152 Å².